The van der Waals surface area contributed by atoms with E-state index in [-0.39, 0.29) is 18.0 Å². The first kappa shape index (κ1) is 17.0. The average Bonchev–Trinajstić information content (AvgIpc) is 2.99. The molecule has 5 nitrogen and oxygen atoms in total. The third-order valence-electron chi connectivity index (χ3n) is 4.97. The molecule has 24 heavy (non-hydrogen) atoms. The molecule has 0 aliphatic heterocycles. The van der Waals surface area contributed by atoms with E-state index in [0.717, 1.165) is 37.8 Å². The second kappa shape index (κ2) is 7.34. The van der Waals surface area contributed by atoms with Crippen molar-refractivity contribution in [2.24, 2.45) is 11.7 Å². The van der Waals surface area contributed by atoms with Gasteiger partial charge in [-0.05, 0) is 56.2 Å². The van der Waals surface area contributed by atoms with Crippen LogP contribution >= 0.6 is 0 Å². The van der Waals surface area contributed by atoms with Gasteiger partial charge in [0, 0.05) is 29.9 Å². The molecule has 2 aromatic heterocycles. The average molecular weight is 328 g/mol. The molecule has 1 amide bonds. The van der Waals surface area contributed by atoms with Crippen molar-refractivity contribution in [2.75, 3.05) is 0 Å². The molecule has 3 N–H and O–H groups in total. The number of rotatable bonds is 5. The van der Waals surface area contributed by atoms with Crippen LogP contribution in [0.5, 0.6) is 0 Å². The van der Waals surface area contributed by atoms with E-state index in [0.29, 0.717) is 12.0 Å². The minimum atomic E-state index is -0.389. The number of nitrogens with one attached hydrogen (secondary N) is 1. The third-order valence-corrected chi connectivity index (χ3v) is 4.97. The van der Waals surface area contributed by atoms with Crippen LogP contribution in [0, 0.1) is 5.92 Å². The maximum absolute atomic E-state index is 12.2. The maximum atomic E-state index is 12.2. The number of nitrogens with two attached hydrogens (primary N) is 1. The van der Waals surface area contributed by atoms with Crippen LogP contribution in [0.1, 0.15) is 52.0 Å². The Balaban J connectivity index is 1.55. The van der Waals surface area contributed by atoms with Gasteiger partial charge in [0.1, 0.15) is 5.65 Å². The Morgan fingerprint density at radius 1 is 1.33 bits per heavy atom. The molecular formula is C19H28N4O. The van der Waals surface area contributed by atoms with E-state index in [9.17, 15) is 4.79 Å². The largest absolute Gasteiger partial charge is 0.352 e. The SMILES string of the molecule is CC(C)C[C@H](N)C(=O)NC1CCC(n2ccc3cccnc32)CC1. The normalized spacial score (nSPS) is 22.7. The number of carbonyl (C=O) groups is 1. The first-order valence-corrected chi connectivity index (χ1v) is 9.02. The Bertz CT molecular complexity index is 685. The summed E-state index contributed by atoms with van der Waals surface area (Å²) < 4.78 is 2.29. The van der Waals surface area contributed by atoms with E-state index in [2.05, 4.69) is 47.0 Å². The highest BCUT2D eigenvalue weighted by atomic mass is 16.2. The van der Waals surface area contributed by atoms with Crippen molar-refractivity contribution in [3.8, 4) is 0 Å². The molecule has 0 bridgehead atoms. The molecule has 0 aromatic carbocycles. The Hall–Kier alpha value is -1.88. The number of pyridine rings is 1. The number of amides is 1. The van der Waals surface area contributed by atoms with E-state index < -0.39 is 0 Å². The molecule has 5 heteroatoms. The number of nitrogens with zero attached hydrogens (tertiary/aromatic N) is 2. The fourth-order valence-electron chi connectivity index (χ4n) is 3.70. The highest BCUT2D eigenvalue weighted by Crippen LogP contribution is 2.31. The van der Waals surface area contributed by atoms with Crippen LogP contribution in [-0.2, 0) is 4.79 Å². The number of aromatic nitrogens is 2. The summed E-state index contributed by atoms with van der Waals surface area (Å²) in [5, 5.41) is 4.33. The fourth-order valence-corrected chi connectivity index (χ4v) is 3.70. The van der Waals surface area contributed by atoms with E-state index in [4.69, 9.17) is 5.73 Å². The summed E-state index contributed by atoms with van der Waals surface area (Å²) in [6.07, 6.45) is 8.84. The van der Waals surface area contributed by atoms with Crippen LogP contribution in [0.2, 0.25) is 0 Å². The fraction of sp³-hybridized carbons (Fsp3) is 0.579. The molecule has 0 unspecified atom stereocenters. The van der Waals surface area contributed by atoms with Crippen molar-refractivity contribution >= 4 is 16.9 Å². The molecular weight excluding hydrogens is 300 g/mol. The molecule has 0 radical (unpaired) electrons. The standard InChI is InChI=1S/C19H28N4O/c1-13(2)12-17(20)19(24)22-15-5-7-16(8-6-15)23-11-9-14-4-3-10-21-18(14)23/h3-4,9-11,13,15-17H,5-8,12,20H2,1-2H3,(H,22,24)/t15?,16?,17-/m0/s1. The highest BCUT2D eigenvalue weighted by Gasteiger charge is 2.26. The molecule has 0 saturated heterocycles. The molecule has 1 fully saturated rings. The summed E-state index contributed by atoms with van der Waals surface area (Å²) in [6.45, 7) is 4.18. The molecule has 1 aliphatic carbocycles. The molecule has 1 atom stereocenters. The van der Waals surface area contributed by atoms with Gasteiger partial charge in [-0.15, -0.1) is 0 Å². The van der Waals surface area contributed by atoms with Crippen LogP contribution in [0.25, 0.3) is 11.0 Å². The van der Waals surface area contributed by atoms with Crippen LogP contribution in [0.4, 0.5) is 0 Å². The highest BCUT2D eigenvalue weighted by molar-refractivity contribution is 5.81. The molecule has 3 rings (SSSR count). The maximum Gasteiger partial charge on any atom is 0.237 e. The monoisotopic (exact) mass is 328 g/mol. The molecule has 130 valence electrons. The molecule has 1 saturated carbocycles. The van der Waals surface area contributed by atoms with Gasteiger partial charge in [0.05, 0.1) is 6.04 Å². The molecule has 2 heterocycles. The lowest BCUT2D eigenvalue weighted by atomic mass is 9.90. The van der Waals surface area contributed by atoms with Crippen molar-refractivity contribution in [3.63, 3.8) is 0 Å². The van der Waals surface area contributed by atoms with Crippen molar-refractivity contribution in [2.45, 2.75) is 64.1 Å². The van der Waals surface area contributed by atoms with Gasteiger partial charge in [0.2, 0.25) is 5.91 Å². The second-order valence-electron chi connectivity index (χ2n) is 7.39. The zero-order valence-electron chi connectivity index (χ0n) is 14.6. The zero-order valence-corrected chi connectivity index (χ0v) is 14.6. The van der Waals surface area contributed by atoms with Crippen LogP contribution in [0.3, 0.4) is 0 Å². The first-order chi connectivity index (χ1) is 11.5. The quantitative estimate of drug-likeness (QED) is 0.886. The van der Waals surface area contributed by atoms with Crippen LogP contribution in [-0.4, -0.2) is 27.5 Å². The summed E-state index contributed by atoms with van der Waals surface area (Å²) in [4.78, 5) is 16.7. The van der Waals surface area contributed by atoms with Gasteiger partial charge >= 0.3 is 0 Å². The summed E-state index contributed by atoms with van der Waals surface area (Å²) in [5.41, 5.74) is 7.04. The van der Waals surface area contributed by atoms with Crippen molar-refractivity contribution in [3.05, 3.63) is 30.6 Å². The molecule has 0 spiro atoms. The summed E-state index contributed by atoms with van der Waals surface area (Å²) in [6, 6.07) is 6.53. The number of fused-ring (bicyclic) bond motifs is 1. The van der Waals surface area contributed by atoms with E-state index in [1.54, 1.807) is 0 Å². The smallest absolute Gasteiger partial charge is 0.237 e. The predicted molar refractivity (Wildman–Crippen MR) is 96.6 cm³/mol. The lowest BCUT2D eigenvalue weighted by Crippen LogP contribution is -2.47. The van der Waals surface area contributed by atoms with Gasteiger partial charge in [-0.3, -0.25) is 4.79 Å². The Kier molecular flexibility index (Phi) is 5.19. The van der Waals surface area contributed by atoms with Crippen molar-refractivity contribution in [1.82, 2.24) is 14.9 Å². The van der Waals surface area contributed by atoms with Crippen molar-refractivity contribution in [1.29, 1.82) is 0 Å². The number of carbonyl (C=O) groups excluding carboxylic acids is 1. The number of hydrogen-bond acceptors (Lipinski definition) is 3. The Labute approximate surface area is 143 Å². The Morgan fingerprint density at radius 2 is 2.08 bits per heavy atom. The topological polar surface area (TPSA) is 72.9 Å². The van der Waals surface area contributed by atoms with Gasteiger partial charge in [-0.2, -0.15) is 0 Å². The lowest BCUT2D eigenvalue weighted by Gasteiger charge is -2.31. The minimum Gasteiger partial charge on any atom is -0.352 e. The van der Waals surface area contributed by atoms with Gasteiger partial charge in [-0.25, -0.2) is 4.98 Å². The minimum absolute atomic E-state index is 0.000214. The van der Waals surface area contributed by atoms with Crippen LogP contribution in [0.15, 0.2) is 30.6 Å². The van der Waals surface area contributed by atoms with E-state index in [1.807, 2.05) is 12.3 Å². The molecule has 2 aromatic rings. The van der Waals surface area contributed by atoms with Crippen LogP contribution < -0.4 is 11.1 Å². The lowest BCUT2D eigenvalue weighted by molar-refractivity contribution is -0.123. The summed E-state index contributed by atoms with van der Waals surface area (Å²) in [7, 11) is 0. The zero-order chi connectivity index (χ0) is 17.1. The predicted octanol–water partition coefficient (Wildman–Crippen LogP) is 3.01. The van der Waals surface area contributed by atoms with Crippen molar-refractivity contribution < 1.29 is 4.79 Å². The summed E-state index contributed by atoms with van der Waals surface area (Å²) in [5.74, 6) is 0.441. The second-order valence-corrected chi connectivity index (χ2v) is 7.39. The molecule has 1 aliphatic rings. The van der Waals surface area contributed by atoms with E-state index in [1.165, 1.54) is 5.39 Å². The number of hydrogen-bond donors (Lipinski definition) is 2. The van der Waals surface area contributed by atoms with E-state index >= 15 is 0 Å². The Morgan fingerprint density at radius 3 is 2.79 bits per heavy atom. The third kappa shape index (κ3) is 3.78. The van der Waals surface area contributed by atoms with Gasteiger partial charge in [0.25, 0.3) is 0 Å². The first-order valence-electron chi connectivity index (χ1n) is 9.02. The van der Waals surface area contributed by atoms with Gasteiger partial charge < -0.3 is 15.6 Å². The van der Waals surface area contributed by atoms with Gasteiger partial charge in [-0.1, -0.05) is 13.8 Å². The summed E-state index contributed by atoms with van der Waals surface area (Å²) >= 11 is 0. The van der Waals surface area contributed by atoms with Gasteiger partial charge in [0.15, 0.2) is 0 Å².